The van der Waals surface area contributed by atoms with E-state index in [0.717, 1.165) is 35.4 Å². The van der Waals surface area contributed by atoms with Crippen molar-refractivity contribution in [2.24, 2.45) is 0 Å². The molecule has 0 saturated carbocycles. The highest BCUT2D eigenvalue weighted by Crippen LogP contribution is 2.34. The Kier molecular flexibility index (Phi) is 3.66. The molecule has 0 aliphatic carbocycles. The van der Waals surface area contributed by atoms with Crippen LogP contribution in [0.2, 0.25) is 0 Å². The fourth-order valence-electron chi connectivity index (χ4n) is 1.52. The number of carboxylic acids is 1. The number of aromatic nitrogens is 3. The Hall–Kier alpha value is -2.84. The number of hydrogen-bond donors (Lipinski definition) is 2. The van der Waals surface area contributed by atoms with Crippen LogP contribution in [0.25, 0.3) is 17.6 Å². The molecule has 2 rings (SSSR count). The van der Waals surface area contributed by atoms with Gasteiger partial charge >= 0.3 is 12.1 Å². The van der Waals surface area contributed by atoms with Crippen LogP contribution in [0.3, 0.4) is 0 Å². The highest BCUT2D eigenvalue weighted by molar-refractivity contribution is 5.82. The number of halogens is 3. The molecule has 2 aromatic rings. The minimum Gasteiger partial charge on any atom is -0.508 e. The molecule has 0 fully saturated rings. The maximum Gasteiger partial charge on any atom is 0.416 e. The number of phenolic OH excluding ortho intramolecular Hbond substituents is 1. The van der Waals surface area contributed by atoms with Crippen molar-refractivity contribution in [2.45, 2.75) is 6.18 Å². The van der Waals surface area contributed by atoms with Crippen molar-refractivity contribution in [2.75, 3.05) is 0 Å². The van der Waals surface area contributed by atoms with Gasteiger partial charge in [0.15, 0.2) is 5.82 Å². The molecule has 0 amide bonds. The predicted octanol–water partition coefficient (Wildman–Crippen LogP) is 2.22. The lowest BCUT2D eigenvalue weighted by molar-refractivity contribution is -0.137. The Labute approximate surface area is 115 Å². The van der Waals surface area contributed by atoms with Gasteiger partial charge in [0.05, 0.1) is 5.56 Å². The lowest BCUT2D eigenvalue weighted by Gasteiger charge is -2.08. The van der Waals surface area contributed by atoms with Crippen LogP contribution in [-0.4, -0.2) is 30.9 Å². The Bertz CT molecular complexity index is 707. The van der Waals surface area contributed by atoms with Gasteiger partial charge in [-0.3, -0.25) is 0 Å². The Morgan fingerprint density at radius 3 is 2.62 bits per heavy atom. The summed E-state index contributed by atoms with van der Waals surface area (Å²) in [5, 5.41) is 21.6. The fraction of sp³-hybridized carbons (Fsp3) is 0.0833. The van der Waals surface area contributed by atoms with E-state index in [4.69, 9.17) is 5.11 Å². The van der Waals surface area contributed by atoms with Gasteiger partial charge < -0.3 is 10.2 Å². The van der Waals surface area contributed by atoms with Gasteiger partial charge in [-0.2, -0.15) is 13.2 Å². The summed E-state index contributed by atoms with van der Waals surface area (Å²) in [6.45, 7) is 0. The molecule has 0 radical (unpaired) electrons. The lowest BCUT2D eigenvalue weighted by Crippen LogP contribution is -2.04. The molecule has 0 unspecified atom stereocenters. The molecule has 1 heterocycles. The molecule has 0 bridgehead atoms. The van der Waals surface area contributed by atoms with Gasteiger partial charge in [-0.25, -0.2) is 14.5 Å². The number of alkyl halides is 3. The SMILES string of the molecule is O=C(O)C=Cn1cnc(-c2cc(O)cc(C(F)(F)F)c2)n1. The molecule has 0 atom stereocenters. The van der Waals surface area contributed by atoms with E-state index in [-0.39, 0.29) is 11.4 Å². The predicted molar refractivity (Wildman–Crippen MR) is 65.1 cm³/mol. The van der Waals surface area contributed by atoms with Crippen LogP contribution in [0.4, 0.5) is 13.2 Å². The molecule has 6 nitrogen and oxygen atoms in total. The van der Waals surface area contributed by atoms with E-state index in [1.165, 1.54) is 0 Å². The zero-order chi connectivity index (χ0) is 15.6. The maximum absolute atomic E-state index is 12.6. The van der Waals surface area contributed by atoms with E-state index in [0.29, 0.717) is 6.07 Å². The smallest absolute Gasteiger partial charge is 0.416 e. The third-order valence-electron chi connectivity index (χ3n) is 2.38. The van der Waals surface area contributed by atoms with Gasteiger partial charge in [-0.15, -0.1) is 5.10 Å². The molecule has 1 aromatic heterocycles. The zero-order valence-electron chi connectivity index (χ0n) is 10.2. The number of rotatable bonds is 3. The monoisotopic (exact) mass is 299 g/mol. The highest BCUT2D eigenvalue weighted by Gasteiger charge is 2.31. The van der Waals surface area contributed by atoms with Crippen molar-refractivity contribution in [3.8, 4) is 17.1 Å². The number of phenols is 1. The summed E-state index contributed by atoms with van der Waals surface area (Å²) >= 11 is 0. The summed E-state index contributed by atoms with van der Waals surface area (Å²) in [6, 6.07) is 2.46. The normalized spacial score (nSPS) is 12.0. The minimum absolute atomic E-state index is 0.0372. The van der Waals surface area contributed by atoms with E-state index in [9.17, 15) is 23.1 Å². The van der Waals surface area contributed by atoms with E-state index in [1.807, 2.05) is 0 Å². The lowest BCUT2D eigenvalue weighted by atomic mass is 10.1. The molecule has 1 aromatic carbocycles. The second-order valence-corrected chi connectivity index (χ2v) is 3.97. The molecule has 0 saturated heterocycles. The number of nitrogens with zero attached hydrogens (tertiary/aromatic N) is 3. The van der Waals surface area contributed by atoms with Crippen LogP contribution in [0.15, 0.2) is 30.6 Å². The summed E-state index contributed by atoms with van der Waals surface area (Å²) in [4.78, 5) is 14.1. The summed E-state index contributed by atoms with van der Waals surface area (Å²) in [7, 11) is 0. The van der Waals surface area contributed by atoms with Gasteiger partial charge in [0.2, 0.25) is 0 Å². The molecule has 21 heavy (non-hydrogen) atoms. The molecular weight excluding hydrogens is 291 g/mol. The second-order valence-electron chi connectivity index (χ2n) is 3.97. The van der Waals surface area contributed by atoms with Crippen LogP contribution < -0.4 is 0 Å². The van der Waals surface area contributed by atoms with E-state index >= 15 is 0 Å². The van der Waals surface area contributed by atoms with Crippen LogP contribution in [0, 0.1) is 0 Å². The average molecular weight is 299 g/mol. The van der Waals surface area contributed by atoms with Crippen LogP contribution >= 0.6 is 0 Å². The summed E-state index contributed by atoms with van der Waals surface area (Å²) in [5.41, 5.74) is -1.07. The molecular formula is C12H8F3N3O3. The highest BCUT2D eigenvalue weighted by atomic mass is 19.4. The Morgan fingerprint density at radius 1 is 1.29 bits per heavy atom. The standard InChI is InChI=1S/C12H8F3N3O3/c13-12(14,15)8-3-7(4-9(19)5-8)11-16-6-18(17-11)2-1-10(20)21/h1-6,19H,(H,20,21). The molecule has 2 N–H and O–H groups in total. The topological polar surface area (TPSA) is 88.2 Å². The van der Waals surface area contributed by atoms with Crippen LogP contribution in [0.5, 0.6) is 5.75 Å². The number of hydrogen-bond acceptors (Lipinski definition) is 4. The first-order valence-corrected chi connectivity index (χ1v) is 5.49. The average Bonchev–Trinajstić information content (AvgIpc) is 2.83. The maximum atomic E-state index is 12.6. The third kappa shape index (κ3) is 3.59. The minimum atomic E-state index is -4.61. The van der Waals surface area contributed by atoms with Crippen molar-refractivity contribution < 1.29 is 28.2 Å². The molecule has 110 valence electrons. The number of benzene rings is 1. The van der Waals surface area contributed by atoms with Crippen molar-refractivity contribution in [3.63, 3.8) is 0 Å². The van der Waals surface area contributed by atoms with Gasteiger partial charge in [0, 0.05) is 17.8 Å². The van der Waals surface area contributed by atoms with E-state index in [2.05, 4.69) is 10.1 Å². The van der Waals surface area contributed by atoms with Crippen LogP contribution in [-0.2, 0) is 11.0 Å². The number of carboxylic acid groups (broad SMARTS) is 1. The Balaban J connectivity index is 2.39. The zero-order valence-corrected chi connectivity index (χ0v) is 10.2. The molecule has 9 heteroatoms. The largest absolute Gasteiger partial charge is 0.508 e. The summed E-state index contributed by atoms with van der Waals surface area (Å²) < 4.78 is 39.0. The first-order chi connectivity index (χ1) is 9.75. The summed E-state index contributed by atoms with van der Waals surface area (Å²) in [6.07, 6.45) is -1.61. The van der Waals surface area contributed by atoms with Gasteiger partial charge in [-0.1, -0.05) is 0 Å². The van der Waals surface area contributed by atoms with Crippen LogP contribution in [0.1, 0.15) is 5.56 Å². The second kappa shape index (κ2) is 5.27. The number of aromatic hydroxyl groups is 1. The third-order valence-corrected chi connectivity index (χ3v) is 2.38. The fourth-order valence-corrected chi connectivity index (χ4v) is 1.52. The van der Waals surface area contributed by atoms with E-state index < -0.39 is 23.5 Å². The molecule has 0 aliphatic rings. The van der Waals surface area contributed by atoms with Gasteiger partial charge in [0.1, 0.15) is 12.1 Å². The number of aliphatic carboxylic acids is 1. The van der Waals surface area contributed by atoms with Gasteiger partial charge in [-0.05, 0) is 18.2 Å². The van der Waals surface area contributed by atoms with Crippen molar-refractivity contribution in [1.29, 1.82) is 0 Å². The quantitative estimate of drug-likeness (QED) is 0.848. The van der Waals surface area contributed by atoms with Gasteiger partial charge in [0.25, 0.3) is 0 Å². The first kappa shape index (κ1) is 14.6. The molecule has 0 spiro atoms. The first-order valence-electron chi connectivity index (χ1n) is 5.49. The van der Waals surface area contributed by atoms with E-state index in [1.54, 1.807) is 0 Å². The Morgan fingerprint density at radius 2 is 2.00 bits per heavy atom. The van der Waals surface area contributed by atoms with Crippen molar-refractivity contribution in [3.05, 3.63) is 36.2 Å². The van der Waals surface area contributed by atoms with Crippen molar-refractivity contribution in [1.82, 2.24) is 14.8 Å². The van der Waals surface area contributed by atoms with Crippen molar-refractivity contribution >= 4 is 12.2 Å². The molecule has 0 aliphatic heterocycles. The number of carbonyl (C=O) groups is 1. The summed E-state index contributed by atoms with van der Waals surface area (Å²) in [5.74, 6) is -1.85.